The third-order valence-electron chi connectivity index (χ3n) is 4.74. The van der Waals surface area contributed by atoms with E-state index >= 15 is 0 Å². The molecule has 1 unspecified atom stereocenters. The van der Waals surface area contributed by atoms with Gasteiger partial charge in [-0.25, -0.2) is 4.79 Å². The van der Waals surface area contributed by atoms with Gasteiger partial charge < -0.3 is 15.4 Å². The Morgan fingerprint density at radius 1 is 1.19 bits per heavy atom. The summed E-state index contributed by atoms with van der Waals surface area (Å²) in [5.74, 6) is -0.568. The summed E-state index contributed by atoms with van der Waals surface area (Å²) in [4.78, 5) is 48.4. The predicted molar refractivity (Wildman–Crippen MR) is 111 cm³/mol. The van der Waals surface area contributed by atoms with Gasteiger partial charge in [-0.1, -0.05) is 11.6 Å². The van der Waals surface area contributed by atoms with Gasteiger partial charge in [0, 0.05) is 17.2 Å². The summed E-state index contributed by atoms with van der Waals surface area (Å²) in [6.07, 6.45) is 0. The van der Waals surface area contributed by atoms with Gasteiger partial charge >= 0.3 is 6.03 Å². The number of hydrogen-bond donors (Lipinski definition) is 2. The molecule has 2 aromatic carbocycles. The molecular formula is C20H19ClN4O6. The minimum atomic E-state index is -1.43. The van der Waals surface area contributed by atoms with E-state index in [0.29, 0.717) is 16.3 Å². The van der Waals surface area contributed by atoms with Crippen LogP contribution in [-0.4, -0.2) is 47.4 Å². The lowest BCUT2D eigenvalue weighted by Gasteiger charge is -2.22. The molecule has 0 radical (unpaired) electrons. The highest BCUT2D eigenvalue weighted by Crippen LogP contribution is 2.29. The maximum atomic E-state index is 12.8. The van der Waals surface area contributed by atoms with Crippen LogP contribution in [0.15, 0.2) is 48.5 Å². The van der Waals surface area contributed by atoms with Gasteiger partial charge in [-0.05, 0) is 48.9 Å². The number of amides is 4. The van der Waals surface area contributed by atoms with E-state index in [-0.39, 0.29) is 18.8 Å². The maximum Gasteiger partial charge on any atom is 0.325 e. The number of halogens is 1. The summed E-state index contributed by atoms with van der Waals surface area (Å²) in [6, 6.07) is 11.3. The van der Waals surface area contributed by atoms with Crippen LogP contribution in [0.2, 0.25) is 5.02 Å². The van der Waals surface area contributed by atoms with E-state index in [1.165, 1.54) is 31.2 Å². The molecular weight excluding hydrogens is 428 g/mol. The molecule has 1 heterocycles. The van der Waals surface area contributed by atoms with Crippen molar-refractivity contribution < 1.29 is 24.0 Å². The van der Waals surface area contributed by atoms with E-state index < -0.39 is 34.9 Å². The number of benzene rings is 2. The number of rotatable bonds is 8. The molecule has 2 aromatic rings. The zero-order chi connectivity index (χ0) is 22.6. The molecule has 1 aliphatic heterocycles. The number of nitrogens with one attached hydrogen (secondary N) is 2. The number of nitro benzene ring substituents is 1. The van der Waals surface area contributed by atoms with Gasteiger partial charge in [0.1, 0.15) is 24.4 Å². The molecule has 0 spiro atoms. The smallest absolute Gasteiger partial charge is 0.325 e. The summed E-state index contributed by atoms with van der Waals surface area (Å²) in [5.41, 5.74) is -1.19. The summed E-state index contributed by atoms with van der Waals surface area (Å²) in [6.45, 7) is 1.37. The monoisotopic (exact) mass is 446 g/mol. The highest BCUT2D eigenvalue weighted by atomic mass is 35.5. The maximum absolute atomic E-state index is 12.8. The minimum absolute atomic E-state index is 0.138. The van der Waals surface area contributed by atoms with Crippen LogP contribution in [-0.2, 0) is 15.1 Å². The summed E-state index contributed by atoms with van der Waals surface area (Å²) >= 11 is 5.79. The van der Waals surface area contributed by atoms with Gasteiger partial charge in [0.2, 0.25) is 5.91 Å². The Morgan fingerprint density at radius 3 is 2.45 bits per heavy atom. The largest absolute Gasteiger partial charge is 0.492 e. The van der Waals surface area contributed by atoms with Crippen LogP contribution in [0.3, 0.4) is 0 Å². The number of imide groups is 1. The second-order valence-electron chi connectivity index (χ2n) is 6.90. The molecule has 4 amide bonds. The first kappa shape index (κ1) is 22.0. The lowest BCUT2D eigenvalue weighted by Crippen LogP contribution is -2.43. The Hall–Kier alpha value is -3.66. The molecule has 31 heavy (non-hydrogen) atoms. The van der Waals surface area contributed by atoms with Crippen LogP contribution in [0.4, 0.5) is 10.5 Å². The van der Waals surface area contributed by atoms with Crippen LogP contribution in [0.25, 0.3) is 0 Å². The van der Waals surface area contributed by atoms with Crippen LogP contribution < -0.4 is 15.4 Å². The topological polar surface area (TPSA) is 131 Å². The van der Waals surface area contributed by atoms with Crippen molar-refractivity contribution >= 4 is 35.1 Å². The van der Waals surface area contributed by atoms with Gasteiger partial charge in [0.05, 0.1) is 11.5 Å². The van der Waals surface area contributed by atoms with Crippen LogP contribution in [0.1, 0.15) is 12.5 Å². The Kier molecular flexibility index (Phi) is 6.40. The fourth-order valence-corrected chi connectivity index (χ4v) is 3.17. The number of carbonyl (C=O) groups excluding carboxylic acids is 3. The molecule has 1 atom stereocenters. The van der Waals surface area contributed by atoms with Crippen molar-refractivity contribution in [2.75, 3.05) is 19.7 Å². The average Bonchev–Trinajstić information content (AvgIpc) is 2.96. The van der Waals surface area contributed by atoms with E-state index in [9.17, 15) is 24.5 Å². The van der Waals surface area contributed by atoms with Crippen molar-refractivity contribution in [3.63, 3.8) is 0 Å². The average molecular weight is 447 g/mol. The zero-order valence-electron chi connectivity index (χ0n) is 16.5. The zero-order valence-corrected chi connectivity index (χ0v) is 17.2. The second-order valence-corrected chi connectivity index (χ2v) is 7.34. The Bertz CT molecular complexity index is 1010. The van der Waals surface area contributed by atoms with E-state index in [0.717, 1.165) is 4.90 Å². The predicted octanol–water partition coefficient (Wildman–Crippen LogP) is 2.21. The molecule has 1 aliphatic rings. The van der Waals surface area contributed by atoms with Gasteiger partial charge in [-0.2, -0.15) is 0 Å². The number of ether oxygens (including phenoxy) is 1. The molecule has 1 fully saturated rings. The van der Waals surface area contributed by atoms with Crippen molar-refractivity contribution in [1.82, 2.24) is 15.5 Å². The lowest BCUT2D eigenvalue weighted by molar-refractivity contribution is -0.384. The van der Waals surface area contributed by atoms with Gasteiger partial charge in [-0.15, -0.1) is 0 Å². The molecule has 2 N–H and O–H groups in total. The normalized spacial score (nSPS) is 17.9. The first-order valence-corrected chi connectivity index (χ1v) is 9.62. The summed E-state index contributed by atoms with van der Waals surface area (Å²) < 4.78 is 5.46. The van der Waals surface area contributed by atoms with Crippen LogP contribution >= 0.6 is 11.6 Å². The van der Waals surface area contributed by atoms with Crippen molar-refractivity contribution in [3.05, 3.63) is 69.2 Å². The number of nitrogens with zero attached hydrogens (tertiary/aromatic N) is 2. The van der Waals surface area contributed by atoms with Crippen LogP contribution in [0, 0.1) is 10.1 Å². The second kappa shape index (κ2) is 9.00. The summed E-state index contributed by atoms with van der Waals surface area (Å²) in [5, 5.41) is 16.5. The molecule has 10 nitrogen and oxygen atoms in total. The first-order chi connectivity index (χ1) is 14.7. The quantitative estimate of drug-likeness (QED) is 0.276. The number of hydrogen-bond acceptors (Lipinski definition) is 6. The Morgan fingerprint density at radius 2 is 1.84 bits per heavy atom. The van der Waals surface area contributed by atoms with Crippen molar-refractivity contribution in [1.29, 1.82) is 0 Å². The van der Waals surface area contributed by atoms with Gasteiger partial charge in [-0.3, -0.25) is 24.6 Å². The van der Waals surface area contributed by atoms with Gasteiger partial charge in [0.25, 0.3) is 11.6 Å². The molecule has 1 saturated heterocycles. The van der Waals surface area contributed by atoms with E-state index in [4.69, 9.17) is 16.3 Å². The standard InChI is InChI=1S/C20H19ClN4O6/c1-20(13-2-6-15(7-3-13)25(29)30)18(27)24(19(28)23-20)12-17(26)22-10-11-31-16-8-4-14(21)5-9-16/h2-9H,10-12H2,1H3,(H,22,26)(H,23,28). The number of carbonyl (C=O) groups is 3. The molecule has 0 saturated carbocycles. The Balaban J connectivity index is 1.54. The SMILES string of the molecule is CC1(c2ccc([N+](=O)[O-])cc2)NC(=O)N(CC(=O)NCCOc2ccc(Cl)cc2)C1=O. The lowest BCUT2D eigenvalue weighted by atomic mass is 9.92. The molecule has 3 rings (SSSR count). The number of nitro groups is 1. The third kappa shape index (κ3) is 4.92. The molecule has 0 bridgehead atoms. The number of non-ortho nitro benzene ring substituents is 1. The van der Waals surface area contributed by atoms with E-state index in [1.54, 1.807) is 24.3 Å². The van der Waals surface area contributed by atoms with Crippen molar-refractivity contribution in [2.24, 2.45) is 0 Å². The number of urea groups is 1. The van der Waals surface area contributed by atoms with Crippen molar-refractivity contribution in [2.45, 2.75) is 12.5 Å². The minimum Gasteiger partial charge on any atom is -0.492 e. The fourth-order valence-electron chi connectivity index (χ4n) is 3.04. The van der Waals surface area contributed by atoms with Crippen molar-refractivity contribution in [3.8, 4) is 5.75 Å². The van der Waals surface area contributed by atoms with Crippen LogP contribution in [0.5, 0.6) is 5.75 Å². The third-order valence-corrected chi connectivity index (χ3v) is 4.99. The van der Waals surface area contributed by atoms with Gasteiger partial charge in [0.15, 0.2) is 0 Å². The summed E-state index contributed by atoms with van der Waals surface area (Å²) in [7, 11) is 0. The highest BCUT2D eigenvalue weighted by Gasteiger charge is 2.49. The first-order valence-electron chi connectivity index (χ1n) is 9.25. The van der Waals surface area contributed by atoms with E-state index in [1.807, 2.05) is 0 Å². The molecule has 0 aromatic heterocycles. The Labute approximate surface area is 182 Å². The van der Waals surface area contributed by atoms with E-state index in [2.05, 4.69) is 10.6 Å². The fraction of sp³-hybridized carbons (Fsp3) is 0.250. The highest BCUT2D eigenvalue weighted by molar-refractivity contribution is 6.30. The molecule has 0 aliphatic carbocycles. The molecule has 11 heteroatoms. The molecule has 162 valence electrons.